The zero-order valence-corrected chi connectivity index (χ0v) is 11.4. The topological polar surface area (TPSA) is 58.2 Å². The molecule has 5 heteroatoms. The summed E-state index contributed by atoms with van der Waals surface area (Å²) in [5.41, 5.74) is 3.69. The van der Waals surface area contributed by atoms with Crippen LogP contribution in [0.1, 0.15) is 35.4 Å². The van der Waals surface area contributed by atoms with E-state index in [1.165, 1.54) is 11.1 Å². The number of carbonyl (C=O) groups excluding carboxylic acids is 2. The van der Waals surface area contributed by atoms with Crippen LogP contribution in [-0.2, 0) is 22.6 Å². The Hall–Kier alpha value is -1.39. The minimum atomic E-state index is -0.157. The summed E-state index contributed by atoms with van der Waals surface area (Å²) in [6.45, 7) is 1.83. The molecule has 1 aromatic rings. The van der Waals surface area contributed by atoms with Gasteiger partial charge in [0.15, 0.2) is 0 Å². The van der Waals surface area contributed by atoms with Crippen molar-refractivity contribution < 1.29 is 9.59 Å². The van der Waals surface area contributed by atoms with E-state index in [4.69, 9.17) is 0 Å². The fraction of sp³-hybridized carbons (Fsp3) is 0.429. The summed E-state index contributed by atoms with van der Waals surface area (Å²) in [5.74, 6) is -0.448. The highest BCUT2D eigenvalue weighted by molar-refractivity contribution is 6.01. The maximum Gasteiger partial charge on any atom is 0.234 e. The van der Waals surface area contributed by atoms with Gasteiger partial charge in [0.1, 0.15) is 0 Å². The lowest BCUT2D eigenvalue weighted by Crippen LogP contribution is -2.40. The van der Waals surface area contributed by atoms with Crippen molar-refractivity contribution in [2.24, 2.45) is 0 Å². The standard InChI is InChI=1S/C14H16N2O2.ClH/c17-13-5-4-12(14(18)16-13)11-3-1-2-9-8-15-7-6-10(9)11;/h1-3,12,15H,4-8H2,(H,16,17,18);1H. The molecule has 0 saturated carbocycles. The average molecular weight is 281 g/mol. The number of nitrogens with one attached hydrogen (secondary N) is 2. The maximum absolute atomic E-state index is 11.9. The number of fused-ring (bicyclic) bond motifs is 1. The molecule has 0 spiro atoms. The molecule has 1 atom stereocenters. The van der Waals surface area contributed by atoms with Gasteiger partial charge in [-0.05, 0) is 36.1 Å². The van der Waals surface area contributed by atoms with Crippen LogP contribution in [0.2, 0.25) is 0 Å². The first kappa shape index (κ1) is 14.0. The quantitative estimate of drug-likeness (QED) is 0.762. The van der Waals surface area contributed by atoms with Gasteiger partial charge in [-0.25, -0.2) is 0 Å². The number of benzene rings is 1. The van der Waals surface area contributed by atoms with Crippen molar-refractivity contribution in [2.45, 2.75) is 31.7 Å². The fourth-order valence-corrected chi connectivity index (χ4v) is 2.88. The third-order valence-corrected chi connectivity index (χ3v) is 3.79. The Morgan fingerprint density at radius 1 is 1.16 bits per heavy atom. The van der Waals surface area contributed by atoms with Gasteiger partial charge in [-0.15, -0.1) is 12.4 Å². The largest absolute Gasteiger partial charge is 0.312 e. The normalized spacial score (nSPS) is 22.2. The van der Waals surface area contributed by atoms with E-state index in [0.29, 0.717) is 12.8 Å². The van der Waals surface area contributed by atoms with E-state index in [9.17, 15) is 9.59 Å². The molecule has 3 rings (SSSR count). The molecule has 2 aliphatic heterocycles. The summed E-state index contributed by atoms with van der Waals surface area (Å²) in [4.78, 5) is 23.1. The highest BCUT2D eigenvalue weighted by Crippen LogP contribution is 2.30. The van der Waals surface area contributed by atoms with Crippen molar-refractivity contribution in [1.82, 2.24) is 10.6 Å². The van der Waals surface area contributed by atoms with Gasteiger partial charge in [-0.3, -0.25) is 14.9 Å². The lowest BCUT2D eigenvalue weighted by atomic mass is 9.84. The first-order valence-corrected chi connectivity index (χ1v) is 6.41. The molecular formula is C14H17ClN2O2. The second-order valence-electron chi connectivity index (χ2n) is 4.92. The molecule has 1 unspecified atom stereocenters. The van der Waals surface area contributed by atoms with E-state index in [0.717, 1.165) is 25.1 Å². The molecule has 2 amide bonds. The first-order chi connectivity index (χ1) is 8.75. The zero-order valence-electron chi connectivity index (χ0n) is 10.6. The van der Waals surface area contributed by atoms with Gasteiger partial charge in [0.2, 0.25) is 11.8 Å². The average Bonchev–Trinajstić information content (AvgIpc) is 2.38. The number of imide groups is 1. The van der Waals surface area contributed by atoms with Crippen LogP contribution >= 0.6 is 12.4 Å². The van der Waals surface area contributed by atoms with E-state index in [1.807, 2.05) is 12.1 Å². The minimum Gasteiger partial charge on any atom is -0.312 e. The maximum atomic E-state index is 11.9. The molecule has 1 aromatic carbocycles. The van der Waals surface area contributed by atoms with Crippen molar-refractivity contribution in [1.29, 1.82) is 0 Å². The Morgan fingerprint density at radius 3 is 2.79 bits per heavy atom. The summed E-state index contributed by atoms with van der Waals surface area (Å²) in [6, 6.07) is 6.14. The van der Waals surface area contributed by atoms with Gasteiger partial charge in [0.05, 0.1) is 5.92 Å². The molecule has 4 nitrogen and oxygen atoms in total. The van der Waals surface area contributed by atoms with Crippen molar-refractivity contribution in [3.63, 3.8) is 0 Å². The highest BCUT2D eigenvalue weighted by Gasteiger charge is 2.30. The summed E-state index contributed by atoms with van der Waals surface area (Å²) < 4.78 is 0. The molecule has 0 bridgehead atoms. The third kappa shape index (κ3) is 2.65. The molecule has 2 aliphatic rings. The Balaban J connectivity index is 0.00000133. The van der Waals surface area contributed by atoms with E-state index < -0.39 is 0 Å². The molecule has 2 N–H and O–H groups in total. The van der Waals surface area contributed by atoms with Crippen LogP contribution in [0.5, 0.6) is 0 Å². The van der Waals surface area contributed by atoms with Crippen molar-refractivity contribution in [2.75, 3.05) is 6.54 Å². The van der Waals surface area contributed by atoms with E-state index in [-0.39, 0.29) is 30.1 Å². The third-order valence-electron chi connectivity index (χ3n) is 3.79. The SMILES string of the molecule is Cl.O=C1CCC(c2cccc3c2CCNC3)C(=O)N1. The Morgan fingerprint density at radius 2 is 2.00 bits per heavy atom. The van der Waals surface area contributed by atoms with Gasteiger partial charge in [0, 0.05) is 13.0 Å². The minimum absolute atomic E-state index is 0. The van der Waals surface area contributed by atoms with Crippen LogP contribution < -0.4 is 10.6 Å². The molecule has 2 heterocycles. The summed E-state index contributed by atoms with van der Waals surface area (Å²) in [6.07, 6.45) is 2.04. The molecule has 0 aliphatic carbocycles. The Labute approximate surface area is 118 Å². The number of carbonyl (C=O) groups is 2. The first-order valence-electron chi connectivity index (χ1n) is 6.41. The monoisotopic (exact) mass is 280 g/mol. The molecule has 0 aromatic heterocycles. The molecule has 1 saturated heterocycles. The number of halogens is 1. The Bertz CT molecular complexity index is 516. The predicted molar refractivity (Wildman–Crippen MR) is 74.2 cm³/mol. The summed E-state index contributed by atoms with van der Waals surface area (Å²) in [7, 11) is 0. The van der Waals surface area contributed by atoms with Crippen molar-refractivity contribution in [3.05, 3.63) is 34.9 Å². The van der Waals surface area contributed by atoms with Crippen LogP contribution in [-0.4, -0.2) is 18.4 Å². The van der Waals surface area contributed by atoms with Crippen molar-refractivity contribution in [3.8, 4) is 0 Å². The number of hydrogen-bond acceptors (Lipinski definition) is 3. The van der Waals surface area contributed by atoms with E-state index in [1.54, 1.807) is 0 Å². The second kappa shape index (κ2) is 5.72. The molecular weight excluding hydrogens is 264 g/mol. The van der Waals surface area contributed by atoms with Crippen LogP contribution in [0.25, 0.3) is 0 Å². The molecule has 102 valence electrons. The fourth-order valence-electron chi connectivity index (χ4n) is 2.88. The Kier molecular flexibility index (Phi) is 4.22. The van der Waals surface area contributed by atoms with Gasteiger partial charge >= 0.3 is 0 Å². The zero-order chi connectivity index (χ0) is 12.5. The lowest BCUT2D eigenvalue weighted by Gasteiger charge is -2.27. The number of rotatable bonds is 1. The molecule has 1 fully saturated rings. The van der Waals surface area contributed by atoms with E-state index in [2.05, 4.69) is 16.7 Å². The predicted octanol–water partition coefficient (Wildman–Crippen LogP) is 1.27. The number of hydrogen-bond donors (Lipinski definition) is 2. The summed E-state index contributed by atoms with van der Waals surface area (Å²) >= 11 is 0. The lowest BCUT2D eigenvalue weighted by molar-refractivity contribution is -0.134. The number of amides is 2. The van der Waals surface area contributed by atoms with Crippen LogP contribution in [0.3, 0.4) is 0 Å². The highest BCUT2D eigenvalue weighted by atomic mass is 35.5. The van der Waals surface area contributed by atoms with Crippen LogP contribution in [0.4, 0.5) is 0 Å². The van der Waals surface area contributed by atoms with Gasteiger partial charge < -0.3 is 5.32 Å². The molecule has 19 heavy (non-hydrogen) atoms. The van der Waals surface area contributed by atoms with Gasteiger partial charge in [0.25, 0.3) is 0 Å². The smallest absolute Gasteiger partial charge is 0.234 e. The van der Waals surface area contributed by atoms with Gasteiger partial charge in [-0.2, -0.15) is 0 Å². The van der Waals surface area contributed by atoms with Gasteiger partial charge in [-0.1, -0.05) is 18.2 Å². The molecule has 0 radical (unpaired) electrons. The van der Waals surface area contributed by atoms with Crippen molar-refractivity contribution >= 4 is 24.2 Å². The number of piperidine rings is 1. The summed E-state index contributed by atoms with van der Waals surface area (Å²) in [5, 5.41) is 5.78. The second-order valence-corrected chi connectivity index (χ2v) is 4.92. The van der Waals surface area contributed by atoms with Crippen LogP contribution in [0, 0.1) is 0 Å². The van der Waals surface area contributed by atoms with E-state index >= 15 is 0 Å². The van der Waals surface area contributed by atoms with Crippen LogP contribution in [0.15, 0.2) is 18.2 Å².